The summed E-state index contributed by atoms with van der Waals surface area (Å²) >= 11 is 2.31. The van der Waals surface area contributed by atoms with E-state index >= 15 is 0 Å². The third-order valence-corrected chi connectivity index (χ3v) is 2.38. The van der Waals surface area contributed by atoms with Crippen LogP contribution in [0.1, 0.15) is 6.42 Å². The summed E-state index contributed by atoms with van der Waals surface area (Å²) in [4.78, 5) is 2.24. The number of hydrogen-bond acceptors (Lipinski definition) is 2. The van der Waals surface area contributed by atoms with Gasteiger partial charge in [0.1, 0.15) is 0 Å². The number of likely N-dealkylation sites (tertiary alicyclic amines) is 1. The van der Waals surface area contributed by atoms with Crippen LogP contribution in [0.4, 0.5) is 0 Å². The summed E-state index contributed by atoms with van der Waals surface area (Å²) in [5, 5.41) is 8.99. The largest absolute Gasteiger partial charge is 0.392 e. The van der Waals surface area contributed by atoms with Gasteiger partial charge in [-0.15, -0.1) is 0 Å². The van der Waals surface area contributed by atoms with E-state index in [1.54, 1.807) is 0 Å². The van der Waals surface area contributed by atoms with Gasteiger partial charge in [-0.3, -0.25) is 4.90 Å². The van der Waals surface area contributed by atoms with Crippen molar-refractivity contribution in [2.24, 2.45) is 0 Å². The molecule has 1 atom stereocenters. The molecular weight excluding hydrogens is 217 g/mol. The van der Waals surface area contributed by atoms with Crippen LogP contribution in [0.5, 0.6) is 0 Å². The standard InChI is InChI=1S/C5H10INO/c6-4-7-2-1-5(8)3-7/h5,8H,1-4H2/t5-/m0/s1. The molecule has 0 aromatic rings. The molecule has 48 valence electrons. The quantitative estimate of drug-likeness (QED) is 0.399. The Bertz CT molecular complexity index is 78.8. The van der Waals surface area contributed by atoms with Gasteiger partial charge in [0.25, 0.3) is 0 Å². The predicted molar refractivity (Wildman–Crippen MR) is 41.1 cm³/mol. The molecule has 1 aliphatic rings. The summed E-state index contributed by atoms with van der Waals surface area (Å²) in [6.07, 6.45) is 0.910. The Morgan fingerprint density at radius 1 is 1.75 bits per heavy atom. The molecule has 1 N–H and O–H groups in total. The second-order valence-corrected chi connectivity index (χ2v) is 2.82. The van der Waals surface area contributed by atoms with Crippen molar-refractivity contribution in [1.29, 1.82) is 0 Å². The van der Waals surface area contributed by atoms with E-state index in [1.165, 1.54) is 0 Å². The van der Waals surface area contributed by atoms with Gasteiger partial charge < -0.3 is 5.11 Å². The molecule has 0 saturated carbocycles. The van der Waals surface area contributed by atoms with Gasteiger partial charge in [0.2, 0.25) is 0 Å². The summed E-state index contributed by atoms with van der Waals surface area (Å²) in [7, 11) is 0. The van der Waals surface area contributed by atoms with E-state index in [4.69, 9.17) is 5.11 Å². The third-order valence-electron chi connectivity index (χ3n) is 1.42. The van der Waals surface area contributed by atoms with Gasteiger partial charge in [-0.05, 0) is 6.42 Å². The zero-order chi connectivity index (χ0) is 5.98. The molecule has 0 spiro atoms. The van der Waals surface area contributed by atoms with Gasteiger partial charge in [0.05, 0.1) is 10.7 Å². The Hall–Kier alpha value is 0.650. The van der Waals surface area contributed by atoms with Crippen LogP contribution in [0.3, 0.4) is 0 Å². The lowest BCUT2D eigenvalue weighted by Gasteiger charge is -2.08. The molecule has 1 saturated heterocycles. The first kappa shape index (κ1) is 6.77. The molecule has 1 heterocycles. The monoisotopic (exact) mass is 227 g/mol. The van der Waals surface area contributed by atoms with E-state index in [0.29, 0.717) is 0 Å². The second kappa shape index (κ2) is 2.98. The molecule has 1 rings (SSSR count). The van der Waals surface area contributed by atoms with Crippen LogP contribution in [-0.2, 0) is 0 Å². The second-order valence-electron chi connectivity index (χ2n) is 2.14. The van der Waals surface area contributed by atoms with E-state index in [2.05, 4.69) is 27.5 Å². The highest BCUT2D eigenvalue weighted by Gasteiger charge is 2.17. The Balaban J connectivity index is 2.22. The first-order chi connectivity index (χ1) is 3.83. The van der Waals surface area contributed by atoms with Crippen molar-refractivity contribution in [1.82, 2.24) is 4.90 Å². The highest BCUT2D eigenvalue weighted by molar-refractivity contribution is 14.1. The molecule has 0 aromatic heterocycles. The Morgan fingerprint density at radius 3 is 2.75 bits per heavy atom. The minimum absolute atomic E-state index is 0.0511. The Labute approximate surface area is 63.0 Å². The molecule has 0 amide bonds. The maximum absolute atomic E-state index is 8.99. The zero-order valence-electron chi connectivity index (χ0n) is 4.68. The molecule has 0 aliphatic carbocycles. The van der Waals surface area contributed by atoms with Crippen LogP contribution >= 0.6 is 22.6 Å². The number of aliphatic hydroxyl groups excluding tert-OH is 1. The number of β-amino-alcohol motifs (C(OH)–C–C–N with tert-alkyl or cyclic N) is 1. The summed E-state index contributed by atoms with van der Waals surface area (Å²) in [5.74, 6) is 0. The van der Waals surface area contributed by atoms with Crippen molar-refractivity contribution in [2.75, 3.05) is 17.6 Å². The first-order valence-electron chi connectivity index (χ1n) is 2.79. The first-order valence-corrected chi connectivity index (χ1v) is 4.32. The maximum atomic E-state index is 8.99. The molecule has 0 bridgehead atoms. The number of alkyl halides is 1. The number of halogens is 1. The van der Waals surface area contributed by atoms with Crippen LogP contribution in [-0.4, -0.2) is 33.8 Å². The van der Waals surface area contributed by atoms with Crippen molar-refractivity contribution >= 4 is 22.6 Å². The van der Waals surface area contributed by atoms with Crippen LogP contribution < -0.4 is 0 Å². The van der Waals surface area contributed by atoms with Gasteiger partial charge in [0, 0.05) is 13.1 Å². The fraction of sp³-hybridized carbons (Fsp3) is 1.00. The smallest absolute Gasteiger partial charge is 0.0679 e. The maximum Gasteiger partial charge on any atom is 0.0679 e. The molecule has 1 aliphatic heterocycles. The van der Waals surface area contributed by atoms with Crippen LogP contribution in [0.15, 0.2) is 0 Å². The molecule has 2 nitrogen and oxygen atoms in total. The molecule has 0 unspecified atom stereocenters. The van der Waals surface area contributed by atoms with E-state index in [1.807, 2.05) is 0 Å². The molecule has 0 radical (unpaired) electrons. The van der Waals surface area contributed by atoms with Crippen molar-refractivity contribution < 1.29 is 5.11 Å². The highest BCUT2D eigenvalue weighted by Crippen LogP contribution is 2.08. The average molecular weight is 227 g/mol. The van der Waals surface area contributed by atoms with E-state index in [9.17, 15) is 0 Å². The van der Waals surface area contributed by atoms with Gasteiger partial charge in [0.15, 0.2) is 0 Å². The van der Waals surface area contributed by atoms with Gasteiger partial charge in [-0.1, -0.05) is 22.6 Å². The molecule has 8 heavy (non-hydrogen) atoms. The topological polar surface area (TPSA) is 23.5 Å². The molecule has 3 heteroatoms. The minimum Gasteiger partial charge on any atom is -0.392 e. The molecular formula is C5H10INO. The lowest BCUT2D eigenvalue weighted by atomic mass is 10.3. The lowest BCUT2D eigenvalue weighted by Crippen LogP contribution is -2.19. The Kier molecular flexibility index (Phi) is 2.52. The normalized spacial score (nSPS) is 31.5. The van der Waals surface area contributed by atoms with Gasteiger partial charge in [-0.2, -0.15) is 0 Å². The SMILES string of the molecule is O[C@H]1CCN(CI)C1. The highest BCUT2D eigenvalue weighted by atomic mass is 127. The lowest BCUT2D eigenvalue weighted by molar-refractivity contribution is 0.182. The average Bonchev–Trinajstić information content (AvgIpc) is 2.14. The van der Waals surface area contributed by atoms with Crippen LogP contribution in [0.2, 0.25) is 0 Å². The Morgan fingerprint density at radius 2 is 2.50 bits per heavy atom. The summed E-state index contributed by atoms with van der Waals surface area (Å²) in [6, 6.07) is 0. The minimum atomic E-state index is -0.0511. The van der Waals surface area contributed by atoms with Crippen molar-refractivity contribution in [2.45, 2.75) is 12.5 Å². The fourth-order valence-corrected chi connectivity index (χ4v) is 1.54. The van der Waals surface area contributed by atoms with Crippen molar-refractivity contribution in [3.05, 3.63) is 0 Å². The number of nitrogens with zero attached hydrogens (tertiary/aromatic N) is 1. The van der Waals surface area contributed by atoms with Crippen LogP contribution in [0, 0.1) is 0 Å². The van der Waals surface area contributed by atoms with Crippen molar-refractivity contribution in [3.63, 3.8) is 0 Å². The van der Waals surface area contributed by atoms with E-state index in [0.717, 1.165) is 24.1 Å². The number of hydrogen-bond donors (Lipinski definition) is 1. The number of aliphatic hydroxyl groups is 1. The van der Waals surface area contributed by atoms with Crippen LogP contribution in [0.25, 0.3) is 0 Å². The fourth-order valence-electron chi connectivity index (χ4n) is 0.921. The number of rotatable bonds is 1. The summed E-state index contributed by atoms with van der Waals surface area (Å²) in [5.41, 5.74) is 0. The summed E-state index contributed by atoms with van der Waals surface area (Å²) in [6.45, 7) is 1.95. The van der Waals surface area contributed by atoms with E-state index < -0.39 is 0 Å². The zero-order valence-corrected chi connectivity index (χ0v) is 6.84. The molecule has 1 fully saturated rings. The summed E-state index contributed by atoms with van der Waals surface area (Å²) < 4.78 is 1.05. The van der Waals surface area contributed by atoms with Gasteiger partial charge in [-0.25, -0.2) is 0 Å². The van der Waals surface area contributed by atoms with Gasteiger partial charge >= 0.3 is 0 Å². The third kappa shape index (κ3) is 1.56. The molecule has 0 aromatic carbocycles. The van der Waals surface area contributed by atoms with Crippen molar-refractivity contribution in [3.8, 4) is 0 Å². The predicted octanol–water partition coefficient (Wildman–Crippen LogP) is 0.446. The van der Waals surface area contributed by atoms with E-state index in [-0.39, 0.29) is 6.10 Å².